The second-order valence-electron chi connectivity index (χ2n) is 3.05. The Kier molecular flexibility index (Phi) is 2.52. The van der Waals surface area contributed by atoms with Crippen molar-refractivity contribution in [2.45, 2.75) is 25.4 Å². The maximum Gasteiger partial charge on any atom is 0.326 e. The van der Waals surface area contributed by atoms with Crippen molar-refractivity contribution >= 4 is 23.3 Å². The highest BCUT2D eigenvalue weighted by atomic mass is 32.1. The van der Waals surface area contributed by atoms with E-state index in [9.17, 15) is 4.79 Å². The molecule has 4 nitrogen and oxygen atoms in total. The van der Waals surface area contributed by atoms with Crippen LogP contribution in [0.3, 0.4) is 0 Å². The Labute approximate surface area is 76.5 Å². The Morgan fingerprint density at radius 3 is 2.92 bits per heavy atom. The lowest BCUT2D eigenvalue weighted by atomic mass is 10.1. The van der Waals surface area contributed by atoms with Crippen LogP contribution in [0.15, 0.2) is 0 Å². The number of carboxylic acids is 1. The predicted molar refractivity (Wildman–Crippen MR) is 49.0 cm³/mol. The summed E-state index contributed by atoms with van der Waals surface area (Å²) in [6.45, 7) is 1.93. The summed E-state index contributed by atoms with van der Waals surface area (Å²) in [5.41, 5.74) is 0. The molecular formula is C7H12N2O2S. The molecule has 1 aliphatic heterocycles. The third kappa shape index (κ3) is 1.66. The number of carboxylic acid groups (broad SMARTS) is 1. The zero-order valence-electron chi connectivity index (χ0n) is 7.07. The molecule has 0 bridgehead atoms. The monoisotopic (exact) mass is 188 g/mol. The van der Waals surface area contributed by atoms with Gasteiger partial charge in [0.25, 0.3) is 0 Å². The summed E-state index contributed by atoms with van der Waals surface area (Å²) in [6.07, 6.45) is 0.589. The highest BCUT2D eigenvalue weighted by molar-refractivity contribution is 7.80. The first kappa shape index (κ1) is 9.25. The zero-order chi connectivity index (χ0) is 9.30. The minimum absolute atomic E-state index is 0.148. The largest absolute Gasteiger partial charge is 0.480 e. The number of thiocarbonyl (C=S) groups is 1. The second kappa shape index (κ2) is 3.26. The number of nitrogens with one attached hydrogen (secondary N) is 1. The van der Waals surface area contributed by atoms with Crippen LogP contribution in [0.4, 0.5) is 0 Å². The fraction of sp³-hybridized carbons (Fsp3) is 0.714. The molecule has 0 saturated carbocycles. The summed E-state index contributed by atoms with van der Waals surface area (Å²) in [4.78, 5) is 12.3. The highest BCUT2D eigenvalue weighted by Crippen LogP contribution is 2.12. The molecule has 1 fully saturated rings. The van der Waals surface area contributed by atoms with E-state index in [1.807, 2.05) is 6.92 Å². The lowest BCUT2D eigenvalue weighted by Gasteiger charge is -2.36. The van der Waals surface area contributed by atoms with Gasteiger partial charge in [-0.15, -0.1) is 0 Å². The van der Waals surface area contributed by atoms with E-state index in [1.165, 1.54) is 0 Å². The summed E-state index contributed by atoms with van der Waals surface area (Å²) < 4.78 is 0. The Balaban J connectivity index is 2.73. The van der Waals surface area contributed by atoms with Crippen LogP contribution >= 0.6 is 12.2 Å². The van der Waals surface area contributed by atoms with E-state index in [1.54, 1.807) is 11.9 Å². The average molecular weight is 188 g/mol. The highest BCUT2D eigenvalue weighted by Gasteiger charge is 2.31. The standard InChI is InChI=1S/C7H12N2O2S/c1-4-3-5(6(10)11)9(2)7(12)8-4/h4-5H,3H2,1-2H3,(H,8,12)(H,10,11)/t4-,5+/m1/s1. The van der Waals surface area contributed by atoms with Crippen LogP contribution in [0.25, 0.3) is 0 Å². The minimum Gasteiger partial charge on any atom is -0.480 e. The molecule has 0 unspecified atom stereocenters. The summed E-state index contributed by atoms with van der Waals surface area (Å²) >= 11 is 4.95. The van der Waals surface area contributed by atoms with Crippen molar-refractivity contribution < 1.29 is 9.90 Å². The molecule has 68 valence electrons. The summed E-state index contributed by atoms with van der Waals surface area (Å²) in [7, 11) is 1.69. The van der Waals surface area contributed by atoms with Crippen molar-refractivity contribution in [2.24, 2.45) is 0 Å². The lowest BCUT2D eigenvalue weighted by Crippen LogP contribution is -2.56. The van der Waals surface area contributed by atoms with Crippen molar-refractivity contribution in [1.29, 1.82) is 0 Å². The number of hydrogen-bond donors (Lipinski definition) is 2. The van der Waals surface area contributed by atoms with Gasteiger partial charge in [-0.05, 0) is 25.6 Å². The molecule has 0 spiro atoms. The molecule has 2 N–H and O–H groups in total. The van der Waals surface area contributed by atoms with E-state index >= 15 is 0 Å². The zero-order valence-corrected chi connectivity index (χ0v) is 7.89. The van der Waals surface area contributed by atoms with Gasteiger partial charge in [0, 0.05) is 13.1 Å². The molecule has 1 saturated heterocycles. The van der Waals surface area contributed by atoms with Crippen LogP contribution in [-0.4, -0.2) is 40.2 Å². The predicted octanol–water partition coefficient (Wildman–Crippen LogP) is 0.0381. The maximum absolute atomic E-state index is 10.7. The van der Waals surface area contributed by atoms with Crippen LogP contribution in [0, 0.1) is 0 Å². The first-order valence-corrected chi connectivity index (χ1v) is 4.19. The van der Waals surface area contributed by atoms with Crippen LogP contribution in [-0.2, 0) is 4.79 Å². The van der Waals surface area contributed by atoms with Crippen LogP contribution in [0.1, 0.15) is 13.3 Å². The number of likely N-dealkylation sites (N-methyl/N-ethyl adjacent to an activating group) is 1. The molecule has 12 heavy (non-hydrogen) atoms. The minimum atomic E-state index is -0.812. The number of rotatable bonds is 1. The van der Waals surface area contributed by atoms with Crippen molar-refractivity contribution in [2.75, 3.05) is 7.05 Å². The first-order chi connectivity index (χ1) is 5.52. The molecule has 5 heteroatoms. The number of nitrogens with zero attached hydrogens (tertiary/aromatic N) is 1. The van der Waals surface area contributed by atoms with Gasteiger partial charge in [0.05, 0.1) is 0 Å². The number of hydrogen-bond acceptors (Lipinski definition) is 2. The topological polar surface area (TPSA) is 52.6 Å². The van der Waals surface area contributed by atoms with Crippen molar-refractivity contribution in [3.63, 3.8) is 0 Å². The maximum atomic E-state index is 10.7. The second-order valence-corrected chi connectivity index (χ2v) is 3.44. The Morgan fingerprint density at radius 1 is 1.83 bits per heavy atom. The van der Waals surface area contributed by atoms with Crippen molar-refractivity contribution in [3.05, 3.63) is 0 Å². The number of carbonyl (C=O) groups is 1. The molecule has 1 heterocycles. The first-order valence-electron chi connectivity index (χ1n) is 3.78. The summed E-state index contributed by atoms with van der Waals surface area (Å²) in [5, 5.41) is 12.3. The van der Waals surface area contributed by atoms with Crippen LogP contribution in [0.5, 0.6) is 0 Å². The Bertz CT molecular complexity index is 219. The van der Waals surface area contributed by atoms with Crippen LogP contribution in [0.2, 0.25) is 0 Å². The van der Waals surface area contributed by atoms with Gasteiger partial charge in [-0.2, -0.15) is 0 Å². The van der Waals surface area contributed by atoms with E-state index in [-0.39, 0.29) is 6.04 Å². The Morgan fingerprint density at radius 2 is 2.42 bits per heavy atom. The summed E-state index contributed by atoms with van der Waals surface area (Å²) in [6, 6.07) is -0.330. The summed E-state index contributed by atoms with van der Waals surface area (Å²) in [5.74, 6) is -0.812. The average Bonchev–Trinajstić information content (AvgIpc) is 1.96. The fourth-order valence-corrected chi connectivity index (χ4v) is 1.60. The van der Waals surface area contributed by atoms with Crippen LogP contribution < -0.4 is 5.32 Å². The van der Waals surface area contributed by atoms with Gasteiger partial charge in [-0.3, -0.25) is 0 Å². The van der Waals surface area contributed by atoms with Gasteiger partial charge >= 0.3 is 5.97 Å². The van der Waals surface area contributed by atoms with E-state index in [0.29, 0.717) is 11.5 Å². The van der Waals surface area contributed by atoms with Gasteiger partial charge in [0.1, 0.15) is 6.04 Å². The van der Waals surface area contributed by atoms with Crippen molar-refractivity contribution in [1.82, 2.24) is 10.2 Å². The molecule has 0 aliphatic carbocycles. The van der Waals surface area contributed by atoms with Gasteiger partial charge < -0.3 is 15.3 Å². The fourth-order valence-electron chi connectivity index (χ4n) is 1.27. The van der Waals surface area contributed by atoms with Gasteiger partial charge in [0.15, 0.2) is 5.11 Å². The van der Waals surface area contributed by atoms with E-state index < -0.39 is 12.0 Å². The Hall–Kier alpha value is -0.840. The molecule has 1 aliphatic rings. The lowest BCUT2D eigenvalue weighted by molar-refractivity contribution is -0.142. The molecule has 0 aromatic rings. The third-order valence-electron chi connectivity index (χ3n) is 2.02. The molecule has 1 rings (SSSR count). The van der Waals surface area contributed by atoms with Gasteiger partial charge in [-0.25, -0.2) is 4.79 Å². The van der Waals surface area contributed by atoms with E-state index in [0.717, 1.165) is 0 Å². The molecule has 0 amide bonds. The van der Waals surface area contributed by atoms with E-state index in [2.05, 4.69) is 5.32 Å². The molecular weight excluding hydrogens is 176 g/mol. The smallest absolute Gasteiger partial charge is 0.326 e. The van der Waals surface area contributed by atoms with E-state index in [4.69, 9.17) is 17.3 Å². The molecule has 0 aromatic heterocycles. The molecule has 2 atom stereocenters. The quantitative estimate of drug-likeness (QED) is 0.569. The van der Waals surface area contributed by atoms with Gasteiger partial charge in [0.2, 0.25) is 0 Å². The number of aliphatic carboxylic acids is 1. The SMILES string of the molecule is C[C@@H]1C[C@@H](C(=O)O)N(C)C(=S)N1. The third-order valence-corrected chi connectivity index (χ3v) is 2.43. The molecule has 0 aromatic carbocycles. The normalized spacial score (nSPS) is 29.8. The van der Waals surface area contributed by atoms with Crippen molar-refractivity contribution in [3.8, 4) is 0 Å². The molecule has 0 radical (unpaired) electrons. The van der Waals surface area contributed by atoms with Gasteiger partial charge in [-0.1, -0.05) is 0 Å².